The summed E-state index contributed by atoms with van der Waals surface area (Å²) in [6.07, 6.45) is 5.92. The van der Waals surface area contributed by atoms with Crippen LogP contribution in [-0.4, -0.2) is 29.0 Å². The molecule has 1 aromatic rings. The number of carboxylic acids is 1. The smallest absolute Gasteiger partial charge is 0.328 e. The van der Waals surface area contributed by atoms with Crippen LogP contribution in [0.15, 0.2) is 24.3 Å². The Morgan fingerprint density at radius 3 is 2.72 bits per heavy atom. The minimum absolute atomic E-state index is 0.0167. The molecule has 0 unspecified atom stereocenters. The Kier molecular flexibility index (Phi) is 5.32. The van der Waals surface area contributed by atoms with Gasteiger partial charge in [0.2, 0.25) is 0 Å². The van der Waals surface area contributed by atoms with Crippen molar-refractivity contribution in [3.8, 4) is 11.5 Å². The van der Waals surface area contributed by atoms with E-state index in [2.05, 4.69) is 12.6 Å². The molecule has 0 saturated heterocycles. The van der Waals surface area contributed by atoms with Crippen LogP contribution < -0.4 is 4.74 Å². The van der Waals surface area contributed by atoms with E-state index >= 15 is 0 Å². The Morgan fingerprint density at radius 1 is 1.44 bits per heavy atom. The molecule has 1 rings (SSSR count). The topological polar surface area (TPSA) is 66.8 Å². The molecular weight excluding hydrogens is 252 g/mol. The zero-order valence-electron chi connectivity index (χ0n) is 9.83. The van der Waals surface area contributed by atoms with Crippen molar-refractivity contribution < 1.29 is 19.7 Å². The van der Waals surface area contributed by atoms with Gasteiger partial charge in [-0.15, -0.1) is 0 Å². The summed E-state index contributed by atoms with van der Waals surface area (Å²) in [5.41, 5.74) is 1.18. The van der Waals surface area contributed by atoms with Gasteiger partial charge in [-0.3, -0.25) is 0 Å². The Balaban J connectivity index is 3.21. The van der Waals surface area contributed by atoms with Gasteiger partial charge in [0, 0.05) is 17.4 Å². The molecule has 0 saturated carbocycles. The second-order valence-electron chi connectivity index (χ2n) is 3.42. The molecule has 0 fully saturated rings. The van der Waals surface area contributed by atoms with Crippen LogP contribution in [0, 0.1) is 0 Å². The molecule has 0 aliphatic heterocycles. The van der Waals surface area contributed by atoms with Gasteiger partial charge in [-0.05, 0) is 23.8 Å². The number of phenols is 1. The minimum Gasteiger partial charge on any atom is -0.504 e. The van der Waals surface area contributed by atoms with E-state index in [4.69, 9.17) is 9.84 Å². The number of thiol groups is 1. The SMILES string of the molecule is COc1cc(C=CC(=O)O)cc(C=CCS)c1O. The van der Waals surface area contributed by atoms with E-state index < -0.39 is 5.97 Å². The van der Waals surface area contributed by atoms with Crippen LogP contribution in [-0.2, 0) is 4.79 Å². The number of phenolic OH excluding ortho intramolecular Hbond substituents is 1. The highest BCUT2D eigenvalue weighted by molar-refractivity contribution is 7.80. The summed E-state index contributed by atoms with van der Waals surface area (Å²) >= 11 is 4.04. The fourth-order valence-corrected chi connectivity index (χ4v) is 1.48. The molecule has 0 aliphatic carbocycles. The molecule has 0 heterocycles. The molecule has 5 heteroatoms. The van der Waals surface area contributed by atoms with Crippen LogP contribution in [0.4, 0.5) is 0 Å². The van der Waals surface area contributed by atoms with Gasteiger partial charge in [-0.25, -0.2) is 4.79 Å². The number of methoxy groups -OCH3 is 1. The molecule has 0 aliphatic rings. The van der Waals surface area contributed by atoms with E-state index in [9.17, 15) is 9.90 Å². The minimum atomic E-state index is -1.03. The van der Waals surface area contributed by atoms with Crippen molar-refractivity contribution in [3.63, 3.8) is 0 Å². The fourth-order valence-electron chi connectivity index (χ4n) is 1.38. The monoisotopic (exact) mass is 266 g/mol. The van der Waals surface area contributed by atoms with Crippen molar-refractivity contribution in [1.82, 2.24) is 0 Å². The van der Waals surface area contributed by atoms with Crippen LogP contribution in [0.2, 0.25) is 0 Å². The maximum atomic E-state index is 10.5. The lowest BCUT2D eigenvalue weighted by Gasteiger charge is -2.08. The molecule has 4 nitrogen and oxygen atoms in total. The quantitative estimate of drug-likeness (QED) is 0.565. The van der Waals surface area contributed by atoms with E-state index in [1.165, 1.54) is 13.2 Å². The third-order valence-electron chi connectivity index (χ3n) is 2.17. The molecule has 0 bridgehead atoms. The van der Waals surface area contributed by atoms with Gasteiger partial charge in [0.25, 0.3) is 0 Å². The van der Waals surface area contributed by atoms with Crippen LogP contribution >= 0.6 is 12.6 Å². The molecule has 0 spiro atoms. The van der Waals surface area contributed by atoms with Gasteiger partial charge in [-0.2, -0.15) is 12.6 Å². The first kappa shape index (κ1) is 14.2. The van der Waals surface area contributed by atoms with Crippen LogP contribution in [0.25, 0.3) is 12.2 Å². The number of aromatic hydroxyl groups is 1. The lowest BCUT2D eigenvalue weighted by molar-refractivity contribution is -0.131. The normalized spacial score (nSPS) is 11.2. The lowest BCUT2D eigenvalue weighted by Crippen LogP contribution is -1.89. The van der Waals surface area contributed by atoms with E-state index in [-0.39, 0.29) is 5.75 Å². The number of ether oxygens (including phenoxy) is 1. The molecule has 96 valence electrons. The maximum Gasteiger partial charge on any atom is 0.328 e. The van der Waals surface area contributed by atoms with Crippen LogP contribution in [0.3, 0.4) is 0 Å². The van der Waals surface area contributed by atoms with Crippen molar-refractivity contribution in [3.05, 3.63) is 35.4 Å². The van der Waals surface area contributed by atoms with Gasteiger partial charge in [0.05, 0.1) is 7.11 Å². The first-order valence-corrected chi connectivity index (χ1v) is 5.81. The predicted molar refractivity (Wildman–Crippen MR) is 74.2 cm³/mol. The van der Waals surface area contributed by atoms with Gasteiger partial charge in [-0.1, -0.05) is 12.2 Å². The zero-order valence-corrected chi connectivity index (χ0v) is 10.7. The van der Waals surface area contributed by atoms with Crippen molar-refractivity contribution in [1.29, 1.82) is 0 Å². The highest BCUT2D eigenvalue weighted by Crippen LogP contribution is 2.32. The Bertz CT molecular complexity index is 492. The largest absolute Gasteiger partial charge is 0.504 e. The molecule has 0 atom stereocenters. The molecule has 18 heavy (non-hydrogen) atoms. The summed E-state index contributed by atoms with van der Waals surface area (Å²) in [5, 5.41) is 18.5. The van der Waals surface area contributed by atoms with Crippen molar-refractivity contribution in [2.45, 2.75) is 0 Å². The maximum absolute atomic E-state index is 10.5. The molecular formula is C13H14O4S. The number of carbonyl (C=O) groups is 1. The van der Waals surface area contributed by atoms with E-state index in [1.54, 1.807) is 24.3 Å². The summed E-state index contributed by atoms with van der Waals surface area (Å²) in [7, 11) is 1.44. The Morgan fingerprint density at radius 2 is 2.17 bits per heavy atom. The average Bonchev–Trinajstić information content (AvgIpc) is 2.35. The molecule has 1 aromatic carbocycles. The van der Waals surface area contributed by atoms with Crippen molar-refractivity contribution in [2.75, 3.05) is 12.9 Å². The molecule has 0 radical (unpaired) electrons. The van der Waals surface area contributed by atoms with Crippen LogP contribution in [0.5, 0.6) is 11.5 Å². The Hall–Kier alpha value is -1.88. The first-order chi connectivity index (χ1) is 8.58. The van der Waals surface area contributed by atoms with E-state index in [1.807, 2.05) is 0 Å². The second kappa shape index (κ2) is 6.76. The van der Waals surface area contributed by atoms with Gasteiger partial charge >= 0.3 is 5.97 Å². The van der Waals surface area contributed by atoms with E-state index in [0.29, 0.717) is 22.6 Å². The van der Waals surface area contributed by atoms with E-state index in [0.717, 1.165) is 6.08 Å². The lowest BCUT2D eigenvalue weighted by atomic mass is 10.1. The number of benzene rings is 1. The summed E-state index contributed by atoms with van der Waals surface area (Å²) in [6, 6.07) is 3.23. The summed E-state index contributed by atoms with van der Waals surface area (Å²) < 4.78 is 5.03. The first-order valence-electron chi connectivity index (χ1n) is 5.18. The number of hydrogen-bond donors (Lipinski definition) is 3. The van der Waals surface area contributed by atoms with Gasteiger partial charge < -0.3 is 14.9 Å². The number of hydrogen-bond acceptors (Lipinski definition) is 4. The standard InChI is InChI=1S/C13H14O4S/c1-17-11-8-9(4-5-12(14)15)7-10(13(11)16)3-2-6-18/h2-5,7-8,16,18H,6H2,1H3,(H,14,15). The number of rotatable bonds is 5. The predicted octanol–water partition coefficient (Wildman–Crippen LogP) is 2.44. The number of aliphatic carboxylic acids is 1. The number of carboxylic acid groups (broad SMARTS) is 1. The highest BCUT2D eigenvalue weighted by Gasteiger charge is 2.07. The summed E-state index contributed by atoms with van der Waals surface area (Å²) in [6.45, 7) is 0. The summed E-state index contributed by atoms with van der Waals surface area (Å²) in [5.74, 6) is -0.185. The zero-order chi connectivity index (χ0) is 13.5. The van der Waals surface area contributed by atoms with Gasteiger partial charge in [0.1, 0.15) is 0 Å². The Labute approximate surface area is 111 Å². The fraction of sp³-hybridized carbons (Fsp3) is 0.154. The van der Waals surface area contributed by atoms with Crippen molar-refractivity contribution >= 4 is 30.8 Å². The van der Waals surface area contributed by atoms with Crippen LogP contribution in [0.1, 0.15) is 11.1 Å². The van der Waals surface area contributed by atoms with Crippen molar-refractivity contribution in [2.24, 2.45) is 0 Å². The molecule has 0 amide bonds. The third kappa shape index (κ3) is 3.85. The molecule has 0 aromatic heterocycles. The average molecular weight is 266 g/mol. The third-order valence-corrected chi connectivity index (χ3v) is 2.38. The summed E-state index contributed by atoms with van der Waals surface area (Å²) in [4.78, 5) is 10.5. The second-order valence-corrected chi connectivity index (χ2v) is 3.78. The molecule has 2 N–H and O–H groups in total. The highest BCUT2D eigenvalue weighted by atomic mass is 32.1. The van der Waals surface area contributed by atoms with Gasteiger partial charge in [0.15, 0.2) is 11.5 Å².